The number of nitrogens with two attached hydrogens (primary N) is 1. The molecule has 0 aliphatic carbocycles. The zero-order valence-corrected chi connectivity index (χ0v) is 9.00. The second kappa shape index (κ2) is 4.40. The Labute approximate surface area is 88.0 Å². The first-order valence-corrected chi connectivity index (χ1v) is 4.61. The van der Waals surface area contributed by atoms with Crippen LogP contribution >= 0.6 is 0 Å². The Balaban J connectivity index is 3.33. The highest BCUT2D eigenvalue weighted by Crippen LogP contribution is 2.24. The fourth-order valence-electron chi connectivity index (χ4n) is 1.34. The van der Waals surface area contributed by atoms with Crippen molar-refractivity contribution >= 4 is 5.78 Å². The zero-order valence-electron chi connectivity index (χ0n) is 9.00. The van der Waals surface area contributed by atoms with E-state index in [0.717, 1.165) is 0 Å². The second-order valence-corrected chi connectivity index (χ2v) is 3.48. The van der Waals surface area contributed by atoms with E-state index in [9.17, 15) is 9.18 Å². The predicted molar refractivity (Wildman–Crippen MR) is 55.7 cm³/mol. The van der Waals surface area contributed by atoms with Gasteiger partial charge in [0, 0.05) is 0 Å². The van der Waals surface area contributed by atoms with E-state index in [-0.39, 0.29) is 11.3 Å². The molecular formula is C11H14FNO2. The van der Waals surface area contributed by atoms with E-state index < -0.39 is 17.6 Å². The van der Waals surface area contributed by atoms with Gasteiger partial charge in [-0.3, -0.25) is 4.79 Å². The summed E-state index contributed by atoms with van der Waals surface area (Å²) in [6.07, 6.45) is 0. The Morgan fingerprint density at radius 3 is 2.60 bits per heavy atom. The van der Waals surface area contributed by atoms with Gasteiger partial charge in [-0.15, -0.1) is 0 Å². The highest BCUT2D eigenvalue weighted by atomic mass is 19.1. The number of aryl methyl sites for hydroxylation is 1. The lowest BCUT2D eigenvalue weighted by molar-refractivity contribution is 0.0960. The molecule has 0 saturated heterocycles. The summed E-state index contributed by atoms with van der Waals surface area (Å²) in [5.41, 5.74) is 6.06. The van der Waals surface area contributed by atoms with Crippen molar-refractivity contribution in [1.29, 1.82) is 0 Å². The van der Waals surface area contributed by atoms with E-state index in [2.05, 4.69) is 0 Å². The smallest absolute Gasteiger partial charge is 0.185 e. The lowest BCUT2D eigenvalue weighted by atomic mass is 10.0. The molecule has 0 saturated carbocycles. The molecule has 0 fully saturated rings. The van der Waals surface area contributed by atoms with Crippen LogP contribution in [-0.2, 0) is 0 Å². The Bertz CT molecular complexity index is 388. The van der Waals surface area contributed by atoms with Gasteiger partial charge in [0.1, 0.15) is 11.6 Å². The average Bonchev–Trinajstić information content (AvgIpc) is 2.15. The maximum atomic E-state index is 13.6. The number of rotatable bonds is 3. The first kappa shape index (κ1) is 11.7. The Morgan fingerprint density at radius 1 is 1.53 bits per heavy atom. The van der Waals surface area contributed by atoms with Crippen molar-refractivity contribution in [2.24, 2.45) is 5.73 Å². The maximum Gasteiger partial charge on any atom is 0.185 e. The number of hydrogen-bond donors (Lipinski definition) is 1. The van der Waals surface area contributed by atoms with Crippen molar-refractivity contribution < 1.29 is 13.9 Å². The normalized spacial score (nSPS) is 12.3. The lowest BCUT2D eigenvalue weighted by Gasteiger charge is -2.11. The summed E-state index contributed by atoms with van der Waals surface area (Å²) in [6, 6.07) is 2.16. The Kier molecular flexibility index (Phi) is 3.42. The minimum absolute atomic E-state index is 0.0712. The van der Waals surface area contributed by atoms with E-state index in [4.69, 9.17) is 10.5 Å². The molecule has 0 bridgehead atoms. The summed E-state index contributed by atoms with van der Waals surface area (Å²) in [7, 11) is 1.40. The van der Waals surface area contributed by atoms with Crippen molar-refractivity contribution in [1.82, 2.24) is 0 Å². The number of ether oxygens (including phenoxy) is 1. The van der Waals surface area contributed by atoms with Crippen LogP contribution in [0, 0.1) is 12.7 Å². The van der Waals surface area contributed by atoms with E-state index in [1.165, 1.54) is 20.1 Å². The van der Waals surface area contributed by atoms with Crippen LogP contribution in [0.2, 0.25) is 0 Å². The molecule has 2 N–H and O–H groups in total. The molecule has 1 atom stereocenters. The third-order valence-electron chi connectivity index (χ3n) is 2.08. The summed E-state index contributed by atoms with van der Waals surface area (Å²) >= 11 is 0. The van der Waals surface area contributed by atoms with Gasteiger partial charge >= 0.3 is 0 Å². The molecule has 0 spiro atoms. The SMILES string of the molecule is COc1cc(C)cc(F)c1C(=O)C(C)N. The molecule has 0 radical (unpaired) electrons. The number of Topliss-reactive ketones (excluding diaryl/α,β-unsaturated/α-hetero) is 1. The van der Waals surface area contributed by atoms with Gasteiger partial charge in [-0.25, -0.2) is 4.39 Å². The minimum atomic E-state index is -0.740. The highest BCUT2D eigenvalue weighted by molar-refractivity contribution is 6.02. The fourth-order valence-corrected chi connectivity index (χ4v) is 1.34. The van der Waals surface area contributed by atoms with Crippen LogP contribution in [0.3, 0.4) is 0 Å². The lowest BCUT2D eigenvalue weighted by Crippen LogP contribution is -2.28. The number of carbonyl (C=O) groups excluding carboxylic acids is 1. The molecule has 0 heterocycles. The minimum Gasteiger partial charge on any atom is -0.496 e. The van der Waals surface area contributed by atoms with Crippen molar-refractivity contribution in [3.05, 3.63) is 29.1 Å². The second-order valence-electron chi connectivity index (χ2n) is 3.48. The van der Waals surface area contributed by atoms with Gasteiger partial charge in [-0.05, 0) is 31.5 Å². The van der Waals surface area contributed by atoms with Crippen LogP contribution in [0.25, 0.3) is 0 Å². The van der Waals surface area contributed by atoms with Gasteiger partial charge in [-0.1, -0.05) is 0 Å². The van der Waals surface area contributed by atoms with Gasteiger partial charge in [0.15, 0.2) is 5.78 Å². The monoisotopic (exact) mass is 211 g/mol. The fraction of sp³-hybridized carbons (Fsp3) is 0.364. The summed E-state index contributed by atoms with van der Waals surface area (Å²) < 4.78 is 18.5. The van der Waals surface area contributed by atoms with Crippen molar-refractivity contribution in [3.63, 3.8) is 0 Å². The molecule has 1 rings (SSSR count). The number of benzene rings is 1. The molecule has 3 nitrogen and oxygen atoms in total. The van der Waals surface area contributed by atoms with Crippen LogP contribution < -0.4 is 10.5 Å². The maximum absolute atomic E-state index is 13.6. The topological polar surface area (TPSA) is 52.3 Å². The molecular weight excluding hydrogens is 197 g/mol. The molecule has 15 heavy (non-hydrogen) atoms. The average molecular weight is 211 g/mol. The summed E-state index contributed by atoms with van der Waals surface area (Å²) in [6.45, 7) is 3.24. The number of hydrogen-bond acceptors (Lipinski definition) is 3. The molecule has 0 amide bonds. The standard InChI is InChI=1S/C11H14FNO2/c1-6-4-8(12)10(9(5-6)15-3)11(14)7(2)13/h4-5,7H,13H2,1-3H3. The third-order valence-corrected chi connectivity index (χ3v) is 2.08. The number of halogens is 1. The quantitative estimate of drug-likeness (QED) is 0.774. The van der Waals surface area contributed by atoms with Crippen LogP contribution in [0.5, 0.6) is 5.75 Å². The molecule has 0 aliphatic heterocycles. The summed E-state index contributed by atoms with van der Waals surface area (Å²) in [5, 5.41) is 0. The number of carbonyl (C=O) groups is 1. The first-order chi connectivity index (χ1) is 6.97. The van der Waals surface area contributed by atoms with Crippen molar-refractivity contribution in [2.75, 3.05) is 7.11 Å². The zero-order chi connectivity index (χ0) is 11.6. The van der Waals surface area contributed by atoms with Crippen LogP contribution in [-0.4, -0.2) is 18.9 Å². The molecule has 4 heteroatoms. The molecule has 1 aromatic rings. The molecule has 0 aliphatic rings. The van der Waals surface area contributed by atoms with E-state index >= 15 is 0 Å². The first-order valence-electron chi connectivity index (χ1n) is 4.61. The number of methoxy groups -OCH3 is 1. The molecule has 1 aromatic carbocycles. The Morgan fingerprint density at radius 2 is 2.13 bits per heavy atom. The van der Waals surface area contributed by atoms with Gasteiger partial charge < -0.3 is 10.5 Å². The number of ketones is 1. The Hall–Kier alpha value is -1.42. The molecule has 0 aromatic heterocycles. The van der Waals surface area contributed by atoms with Gasteiger partial charge in [0.2, 0.25) is 0 Å². The summed E-state index contributed by atoms with van der Waals surface area (Å²) in [4.78, 5) is 11.6. The van der Waals surface area contributed by atoms with Gasteiger partial charge in [-0.2, -0.15) is 0 Å². The third kappa shape index (κ3) is 2.33. The predicted octanol–water partition coefficient (Wildman–Crippen LogP) is 1.67. The van der Waals surface area contributed by atoms with Gasteiger partial charge in [0.05, 0.1) is 18.7 Å². The summed E-state index contributed by atoms with van der Waals surface area (Å²) in [5.74, 6) is -0.812. The van der Waals surface area contributed by atoms with E-state index in [0.29, 0.717) is 5.56 Å². The van der Waals surface area contributed by atoms with Crippen LogP contribution in [0.4, 0.5) is 4.39 Å². The molecule has 1 unspecified atom stereocenters. The van der Waals surface area contributed by atoms with E-state index in [1.807, 2.05) is 0 Å². The van der Waals surface area contributed by atoms with Crippen molar-refractivity contribution in [3.8, 4) is 5.75 Å². The van der Waals surface area contributed by atoms with E-state index in [1.54, 1.807) is 13.0 Å². The largest absolute Gasteiger partial charge is 0.496 e. The molecule has 82 valence electrons. The highest BCUT2D eigenvalue weighted by Gasteiger charge is 2.21. The van der Waals surface area contributed by atoms with Gasteiger partial charge in [0.25, 0.3) is 0 Å². The van der Waals surface area contributed by atoms with Crippen molar-refractivity contribution in [2.45, 2.75) is 19.9 Å². The van der Waals surface area contributed by atoms with Crippen LogP contribution in [0.15, 0.2) is 12.1 Å². The van der Waals surface area contributed by atoms with Crippen LogP contribution in [0.1, 0.15) is 22.8 Å².